The van der Waals surface area contributed by atoms with Crippen LogP contribution < -0.4 is 15.4 Å². The van der Waals surface area contributed by atoms with Crippen LogP contribution in [0, 0.1) is 5.82 Å². The molecular formula is C16H19FN4O. The summed E-state index contributed by atoms with van der Waals surface area (Å²) in [5.41, 5.74) is 1.41. The highest BCUT2D eigenvalue weighted by Crippen LogP contribution is 2.12. The molecule has 0 atom stereocenters. The predicted molar refractivity (Wildman–Crippen MR) is 84.2 cm³/mol. The molecule has 0 fully saturated rings. The molecule has 2 N–H and O–H groups in total. The average Bonchev–Trinajstić information content (AvgIpc) is 2.56. The Bertz CT molecular complexity index is 646. The fourth-order valence-corrected chi connectivity index (χ4v) is 1.90. The van der Waals surface area contributed by atoms with Crippen LogP contribution in [0.4, 0.5) is 4.39 Å². The van der Waals surface area contributed by atoms with Gasteiger partial charge in [0.05, 0.1) is 19.3 Å². The molecule has 1 aromatic carbocycles. The molecule has 1 heterocycles. The van der Waals surface area contributed by atoms with Crippen molar-refractivity contribution in [1.29, 1.82) is 0 Å². The second kappa shape index (κ2) is 7.97. The van der Waals surface area contributed by atoms with Crippen molar-refractivity contribution >= 4 is 5.96 Å². The smallest absolute Gasteiger partial charge is 0.191 e. The fourth-order valence-electron chi connectivity index (χ4n) is 1.90. The average molecular weight is 302 g/mol. The number of rotatable bonds is 5. The molecule has 0 saturated carbocycles. The van der Waals surface area contributed by atoms with Gasteiger partial charge in [0, 0.05) is 19.8 Å². The summed E-state index contributed by atoms with van der Waals surface area (Å²) in [5, 5.41) is 6.19. The lowest BCUT2D eigenvalue weighted by Gasteiger charge is -2.12. The lowest BCUT2D eigenvalue weighted by Crippen LogP contribution is -2.36. The molecule has 116 valence electrons. The predicted octanol–water partition coefficient (Wildman–Crippen LogP) is 2.09. The first-order valence-corrected chi connectivity index (χ1v) is 6.89. The van der Waals surface area contributed by atoms with Gasteiger partial charge in [0.1, 0.15) is 11.6 Å². The molecule has 5 nitrogen and oxygen atoms in total. The molecule has 0 aliphatic carbocycles. The molecule has 0 unspecified atom stereocenters. The van der Waals surface area contributed by atoms with Crippen molar-refractivity contribution in [2.24, 2.45) is 4.99 Å². The quantitative estimate of drug-likeness (QED) is 0.656. The zero-order chi connectivity index (χ0) is 15.8. The third-order valence-corrected chi connectivity index (χ3v) is 3.08. The molecule has 0 saturated heterocycles. The summed E-state index contributed by atoms with van der Waals surface area (Å²) in [6.45, 7) is 0.853. The molecule has 0 aliphatic heterocycles. The van der Waals surface area contributed by atoms with Crippen molar-refractivity contribution < 1.29 is 9.13 Å². The van der Waals surface area contributed by atoms with Gasteiger partial charge >= 0.3 is 0 Å². The van der Waals surface area contributed by atoms with Gasteiger partial charge in [-0.2, -0.15) is 0 Å². The summed E-state index contributed by atoms with van der Waals surface area (Å²) in [6, 6.07) is 10.7. The first-order valence-electron chi connectivity index (χ1n) is 6.89. The third-order valence-electron chi connectivity index (χ3n) is 3.08. The summed E-state index contributed by atoms with van der Waals surface area (Å²) >= 11 is 0. The van der Waals surface area contributed by atoms with Crippen LogP contribution in [0.3, 0.4) is 0 Å². The molecule has 0 radical (unpaired) electrons. The van der Waals surface area contributed by atoms with Crippen LogP contribution in [0.15, 0.2) is 47.6 Å². The van der Waals surface area contributed by atoms with Gasteiger partial charge in [-0.15, -0.1) is 0 Å². The van der Waals surface area contributed by atoms with Gasteiger partial charge < -0.3 is 15.4 Å². The van der Waals surface area contributed by atoms with Crippen molar-refractivity contribution in [3.63, 3.8) is 0 Å². The number of halogens is 1. The second-order valence-electron chi connectivity index (χ2n) is 4.56. The minimum absolute atomic E-state index is 0.268. The van der Waals surface area contributed by atoms with Gasteiger partial charge in [0.2, 0.25) is 0 Å². The number of guanidine groups is 1. The SMILES string of the molecule is CN=C(NCc1cccc(OC)c1)NCc1ncccc1F. The first kappa shape index (κ1) is 15.8. The van der Waals surface area contributed by atoms with E-state index < -0.39 is 0 Å². The minimum atomic E-state index is -0.335. The Balaban J connectivity index is 1.89. The molecule has 0 bridgehead atoms. The molecule has 0 aliphatic rings. The lowest BCUT2D eigenvalue weighted by atomic mass is 10.2. The van der Waals surface area contributed by atoms with Crippen LogP contribution in [0.5, 0.6) is 5.75 Å². The Morgan fingerprint density at radius 1 is 1.23 bits per heavy atom. The Morgan fingerprint density at radius 3 is 2.77 bits per heavy atom. The normalized spacial score (nSPS) is 11.1. The molecule has 2 aromatic rings. The number of nitrogens with zero attached hydrogens (tertiary/aromatic N) is 2. The Labute approximate surface area is 129 Å². The zero-order valence-corrected chi connectivity index (χ0v) is 12.6. The van der Waals surface area contributed by atoms with Gasteiger partial charge in [-0.3, -0.25) is 9.98 Å². The van der Waals surface area contributed by atoms with Crippen LogP contribution >= 0.6 is 0 Å². The standard InChI is InChI=1S/C16H19FN4O/c1-18-16(21-11-15-14(17)7-4-8-19-15)20-10-12-5-3-6-13(9-12)22-2/h3-9H,10-11H2,1-2H3,(H2,18,20,21). The van der Waals surface area contributed by atoms with Gasteiger partial charge in [-0.1, -0.05) is 12.1 Å². The number of benzene rings is 1. The number of ether oxygens (including phenoxy) is 1. The Kier molecular flexibility index (Phi) is 5.71. The van der Waals surface area contributed by atoms with E-state index in [1.165, 1.54) is 6.07 Å². The highest BCUT2D eigenvalue weighted by Gasteiger charge is 2.04. The van der Waals surface area contributed by atoms with Crippen LogP contribution in [0.25, 0.3) is 0 Å². The van der Waals surface area contributed by atoms with E-state index in [2.05, 4.69) is 20.6 Å². The molecule has 22 heavy (non-hydrogen) atoms. The highest BCUT2D eigenvalue weighted by molar-refractivity contribution is 5.79. The number of nitrogens with one attached hydrogen (secondary N) is 2. The molecule has 1 aromatic heterocycles. The molecule has 0 amide bonds. The van der Waals surface area contributed by atoms with E-state index in [1.807, 2.05) is 24.3 Å². The van der Waals surface area contributed by atoms with Crippen LogP contribution in [0.2, 0.25) is 0 Å². The largest absolute Gasteiger partial charge is 0.497 e. The topological polar surface area (TPSA) is 58.5 Å². The van der Waals surface area contributed by atoms with Crippen molar-refractivity contribution in [2.75, 3.05) is 14.2 Å². The van der Waals surface area contributed by atoms with Gasteiger partial charge in [0.15, 0.2) is 5.96 Å². The van der Waals surface area contributed by atoms with E-state index in [1.54, 1.807) is 26.4 Å². The van der Waals surface area contributed by atoms with Gasteiger partial charge in [-0.05, 0) is 29.8 Å². The van der Waals surface area contributed by atoms with Crippen molar-refractivity contribution in [3.05, 3.63) is 59.7 Å². The van der Waals surface area contributed by atoms with Crippen molar-refractivity contribution in [3.8, 4) is 5.75 Å². The van der Waals surface area contributed by atoms with E-state index in [4.69, 9.17) is 4.74 Å². The summed E-state index contributed by atoms with van der Waals surface area (Å²) in [4.78, 5) is 8.09. The zero-order valence-electron chi connectivity index (χ0n) is 12.6. The van der Waals surface area contributed by atoms with Gasteiger partial charge in [-0.25, -0.2) is 4.39 Å². The summed E-state index contributed by atoms with van der Waals surface area (Å²) in [5.74, 6) is 1.05. The lowest BCUT2D eigenvalue weighted by molar-refractivity contribution is 0.414. The van der Waals surface area contributed by atoms with E-state index in [9.17, 15) is 4.39 Å². The Morgan fingerprint density at radius 2 is 2.05 bits per heavy atom. The fraction of sp³-hybridized carbons (Fsp3) is 0.250. The van der Waals surface area contributed by atoms with Gasteiger partial charge in [0.25, 0.3) is 0 Å². The van der Waals surface area contributed by atoms with E-state index in [0.717, 1.165) is 11.3 Å². The number of hydrogen-bond acceptors (Lipinski definition) is 3. The van der Waals surface area contributed by atoms with E-state index in [-0.39, 0.29) is 12.4 Å². The minimum Gasteiger partial charge on any atom is -0.497 e. The number of hydrogen-bond donors (Lipinski definition) is 2. The van der Waals surface area contributed by atoms with E-state index in [0.29, 0.717) is 18.2 Å². The number of aliphatic imine (C=N–C) groups is 1. The maximum absolute atomic E-state index is 13.5. The maximum atomic E-state index is 13.5. The van der Waals surface area contributed by atoms with Crippen LogP contribution in [-0.2, 0) is 13.1 Å². The highest BCUT2D eigenvalue weighted by atomic mass is 19.1. The van der Waals surface area contributed by atoms with Crippen LogP contribution in [0.1, 0.15) is 11.3 Å². The number of pyridine rings is 1. The van der Waals surface area contributed by atoms with E-state index >= 15 is 0 Å². The summed E-state index contributed by atoms with van der Waals surface area (Å²) in [6.07, 6.45) is 1.56. The Hall–Kier alpha value is -2.63. The molecule has 2 rings (SSSR count). The number of methoxy groups -OCH3 is 1. The van der Waals surface area contributed by atoms with Crippen molar-refractivity contribution in [1.82, 2.24) is 15.6 Å². The molecular weight excluding hydrogens is 283 g/mol. The summed E-state index contributed by atoms with van der Waals surface area (Å²) < 4.78 is 18.7. The van der Waals surface area contributed by atoms with Crippen LogP contribution in [-0.4, -0.2) is 25.1 Å². The monoisotopic (exact) mass is 302 g/mol. The maximum Gasteiger partial charge on any atom is 0.191 e. The second-order valence-corrected chi connectivity index (χ2v) is 4.56. The van der Waals surface area contributed by atoms with Crippen molar-refractivity contribution in [2.45, 2.75) is 13.1 Å². The molecule has 0 spiro atoms. The first-order chi connectivity index (χ1) is 10.7. The number of aromatic nitrogens is 1. The summed E-state index contributed by atoms with van der Waals surface area (Å²) in [7, 11) is 3.30. The molecule has 6 heteroatoms. The third kappa shape index (κ3) is 4.44.